The first-order valence-corrected chi connectivity index (χ1v) is 9.19. The minimum atomic E-state index is 0.0569. The summed E-state index contributed by atoms with van der Waals surface area (Å²) in [4.78, 5) is 14.7. The van der Waals surface area contributed by atoms with E-state index in [1.54, 1.807) is 6.08 Å². The Labute approximate surface area is 156 Å². The van der Waals surface area contributed by atoms with Crippen molar-refractivity contribution in [2.75, 3.05) is 26.3 Å². The summed E-state index contributed by atoms with van der Waals surface area (Å²) >= 11 is 0. The van der Waals surface area contributed by atoms with Gasteiger partial charge >= 0.3 is 0 Å². The monoisotopic (exact) mass is 349 g/mol. The lowest BCUT2D eigenvalue weighted by atomic mass is 9.91. The minimum absolute atomic E-state index is 0.0569. The Morgan fingerprint density at radius 2 is 1.65 bits per heavy atom. The van der Waals surface area contributed by atoms with Crippen molar-refractivity contribution in [3.8, 4) is 0 Å². The van der Waals surface area contributed by atoms with Crippen LogP contribution < -0.4 is 0 Å². The molecule has 0 unspecified atom stereocenters. The summed E-state index contributed by atoms with van der Waals surface area (Å²) < 4.78 is 5.37. The maximum Gasteiger partial charge on any atom is 0.247 e. The molecule has 1 saturated heterocycles. The Morgan fingerprint density at radius 3 is 2.31 bits per heavy atom. The summed E-state index contributed by atoms with van der Waals surface area (Å²) in [6, 6.07) is 12.8. The molecule has 0 atom stereocenters. The van der Waals surface area contributed by atoms with Crippen molar-refractivity contribution in [2.24, 2.45) is 0 Å². The maximum atomic E-state index is 12.9. The third-order valence-corrected chi connectivity index (χ3v) is 5.08. The molecule has 0 bridgehead atoms. The van der Waals surface area contributed by atoms with E-state index in [-0.39, 0.29) is 5.91 Å². The van der Waals surface area contributed by atoms with Crippen LogP contribution in [0.1, 0.15) is 33.4 Å². The maximum absolute atomic E-state index is 12.9. The van der Waals surface area contributed by atoms with Crippen molar-refractivity contribution in [1.29, 1.82) is 0 Å². The fourth-order valence-electron chi connectivity index (χ4n) is 3.34. The SMILES string of the molecule is Cc1ccc(/C(=C\C(=O)N2CCOCC2)c2ccc(C)c(C)c2)c(C)c1. The van der Waals surface area contributed by atoms with Crippen molar-refractivity contribution in [1.82, 2.24) is 4.90 Å². The Balaban J connectivity index is 2.07. The molecule has 3 heteroatoms. The quantitative estimate of drug-likeness (QED) is 0.777. The molecule has 2 aromatic carbocycles. The molecule has 1 aliphatic rings. The van der Waals surface area contributed by atoms with Crippen LogP contribution in [0.25, 0.3) is 5.57 Å². The molecular weight excluding hydrogens is 322 g/mol. The van der Waals surface area contributed by atoms with Gasteiger partial charge in [-0.25, -0.2) is 0 Å². The van der Waals surface area contributed by atoms with Gasteiger partial charge in [0.25, 0.3) is 0 Å². The van der Waals surface area contributed by atoms with Crippen molar-refractivity contribution < 1.29 is 9.53 Å². The van der Waals surface area contributed by atoms with Crippen molar-refractivity contribution in [3.63, 3.8) is 0 Å². The second-order valence-corrected chi connectivity index (χ2v) is 7.11. The summed E-state index contributed by atoms with van der Waals surface area (Å²) in [5.74, 6) is 0.0569. The largest absolute Gasteiger partial charge is 0.378 e. The molecule has 0 spiro atoms. The second-order valence-electron chi connectivity index (χ2n) is 7.11. The number of carbonyl (C=O) groups is 1. The van der Waals surface area contributed by atoms with E-state index in [1.165, 1.54) is 22.3 Å². The second kappa shape index (κ2) is 7.88. The number of amides is 1. The van der Waals surface area contributed by atoms with Gasteiger partial charge in [0.15, 0.2) is 0 Å². The highest BCUT2D eigenvalue weighted by atomic mass is 16.5. The predicted octanol–water partition coefficient (Wildman–Crippen LogP) is 4.21. The fraction of sp³-hybridized carbons (Fsp3) is 0.348. The molecule has 3 rings (SSSR count). The van der Waals surface area contributed by atoms with Gasteiger partial charge in [-0.15, -0.1) is 0 Å². The average molecular weight is 349 g/mol. The van der Waals surface area contributed by atoms with Crippen LogP contribution in [0.5, 0.6) is 0 Å². The zero-order valence-electron chi connectivity index (χ0n) is 16.1. The van der Waals surface area contributed by atoms with Crippen molar-refractivity contribution >= 4 is 11.5 Å². The third kappa shape index (κ3) is 4.05. The van der Waals surface area contributed by atoms with Crippen LogP contribution in [0.15, 0.2) is 42.5 Å². The molecule has 1 fully saturated rings. The van der Waals surface area contributed by atoms with Crippen LogP contribution in [0.2, 0.25) is 0 Å². The highest BCUT2D eigenvalue weighted by Crippen LogP contribution is 2.28. The van der Waals surface area contributed by atoms with E-state index in [0.717, 1.165) is 16.7 Å². The molecule has 1 amide bonds. The number of nitrogens with zero attached hydrogens (tertiary/aromatic N) is 1. The van der Waals surface area contributed by atoms with E-state index < -0.39 is 0 Å². The van der Waals surface area contributed by atoms with Gasteiger partial charge in [-0.1, -0.05) is 42.0 Å². The Hall–Kier alpha value is -2.39. The summed E-state index contributed by atoms with van der Waals surface area (Å²) in [6.45, 7) is 11.0. The molecule has 0 aliphatic carbocycles. The topological polar surface area (TPSA) is 29.5 Å². The summed E-state index contributed by atoms with van der Waals surface area (Å²) in [7, 11) is 0. The molecule has 0 saturated carbocycles. The Morgan fingerprint density at radius 1 is 0.923 bits per heavy atom. The molecule has 2 aromatic rings. The highest BCUT2D eigenvalue weighted by Gasteiger charge is 2.18. The third-order valence-electron chi connectivity index (χ3n) is 5.08. The minimum Gasteiger partial charge on any atom is -0.378 e. The van der Waals surface area contributed by atoms with E-state index in [0.29, 0.717) is 26.3 Å². The number of rotatable bonds is 3. The average Bonchev–Trinajstić information content (AvgIpc) is 2.63. The zero-order chi connectivity index (χ0) is 18.7. The summed E-state index contributed by atoms with van der Waals surface area (Å²) in [5.41, 5.74) is 8.09. The molecule has 1 heterocycles. The number of carbonyl (C=O) groups excluding carboxylic acids is 1. The molecule has 1 aliphatic heterocycles. The fourth-order valence-corrected chi connectivity index (χ4v) is 3.34. The van der Waals surface area contributed by atoms with Crippen LogP contribution in [0.4, 0.5) is 0 Å². The van der Waals surface area contributed by atoms with E-state index >= 15 is 0 Å². The molecule has 26 heavy (non-hydrogen) atoms. The van der Waals surface area contributed by atoms with Gasteiger partial charge in [-0.05, 0) is 61.1 Å². The Kier molecular flexibility index (Phi) is 5.58. The number of hydrogen-bond donors (Lipinski definition) is 0. The number of benzene rings is 2. The first kappa shape index (κ1) is 18.4. The van der Waals surface area contributed by atoms with Crippen LogP contribution in [0, 0.1) is 27.7 Å². The smallest absolute Gasteiger partial charge is 0.247 e. The van der Waals surface area contributed by atoms with Gasteiger partial charge in [0.1, 0.15) is 0 Å². The van der Waals surface area contributed by atoms with E-state index in [2.05, 4.69) is 64.1 Å². The number of ether oxygens (including phenoxy) is 1. The van der Waals surface area contributed by atoms with Crippen molar-refractivity contribution in [2.45, 2.75) is 27.7 Å². The zero-order valence-corrected chi connectivity index (χ0v) is 16.1. The van der Waals surface area contributed by atoms with E-state index in [4.69, 9.17) is 4.74 Å². The van der Waals surface area contributed by atoms with Crippen molar-refractivity contribution in [3.05, 3.63) is 75.9 Å². The molecule has 0 aromatic heterocycles. The standard InChI is InChI=1S/C23H27NO2/c1-16-5-8-21(19(4)13-16)22(20-7-6-17(2)18(3)14-20)15-23(25)24-9-11-26-12-10-24/h5-8,13-15H,9-12H2,1-4H3/b22-15-. The lowest BCUT2D eigenvalue weighted by Crippen LogP contribution is -2.39. The summed E-state index contributed by atoms with van der Waals surface area (Å²) in [5, 5.41) is 0. The van der Waals surface area contributed by atoms with Gasteiger partial charge < -0.3 is 9.64 Å². The number of morpholine rings is 1. The van der Waals surface area contributed by atoms with Crippen LogP contribution in [-0.2, 0) is 9.53 Å². The molecule has 0 radical (unpaired) electrons. The first-order chi connectivity index (χ1) is 12.5. The molecule has 0 N–H and O–H groups in total. The van der Waals surface area contributed by atoms with E-state index in [1.807, 2.05) is 4.90 Å². The van der Waals surface area contributed by atoms with Crippen LogP contribution in [0.3, 0.4) is 0 Å². The Bertz CT molecular complexity index is 845. The lowest BCUT2D eigenvalue weighted by molar-refractivity contribution is -0.129. The molecule has 136 valence electrons. The highest BCUT2D eigenvalue weighted by molar-refractivity contribution is 5.99. The van der Waals surface area contributed by atoms with Gasteiger partial charge in [0.2, 0.25) is 5.91 Å². The van der Waals surface area contributed by atoms with Gasteiger partial charge in [0, 0.05) is 19.2 Å². The molecular formula is C23H27NO2. The normalized spacial score (nSPS) is 15.2. The van der Waals surface area contributed by atoms with Gasteiger partial charge in [-0.2, -0.15) is 0 Å². The van der Waals surface area contributed by atoms with Crippen LogP contribution in [-0.4, -0.2) is 37.1 Å². The predicted molar refractivity (Wildman–Crippen MR) is 106 cm³/mol. The summed E-state index contributed by atoms with van der Waals surface area (Å²) in [6.07, 6.45) is 1.80. The van der Waals surface area contributed by atoms with Gasteiger partial charge in [0.05, 0.1) is 13.2 Å². The lowest BCUT2D eigenvalue weighted by Gasteiger charge is -2.26. The number of aryl methyl sites for hydroxylation is 4. The number of hydrogen-bond acceptors (Lipinski definition) is 2. The first-order valence-electron chi connectivity index (χ1n) is 9.19. The van der Waals surface area contributed by atoms with Crippen LogP contribution >= 0.6 is 0 Å². The van der Waals surface area contributed by atoms with E-state index in [9.17, 15) is 4.79 Å². The molecule has 3 nitrogen and oxygen atoms in total. The van der Waals surface area contributed by atoms with Gasteiger partial charge in [-0.3, -0.25) is 4.79 Å².